The maximum absolute atomic E-state index is 13.3. The van der Waals surface area contributed by atoms with Crippen molar-refractivity contribution in [3.63, 3.8) is 0 Å². The molecule has 1 heterocycles. The van der Waals surface area contributed by atoms with Gasteiger partial charge in [0.15, 0.2) is 0 Å². The molecule has 4 nitrogen and oxygen atoms in total. The van der Waals surface area contributed by atoms with E-state index in [2.05, 4.69) is 33.8 Å². The quantitative estimate of drug-likeness (QED) is 0.718. The monoisotopic (exact) mass is 386 g/mol. The number of carbonyl (C=O) groups is 2. The average Bonchev–Trinajstić information content (AvgIpc) is 3.03. The van der Waals surface area contributed by atoms with E-state index in [1.54, 1.807) is 0 Å². The summed E-state index contributed by atoms with van der Waals surface area (Å²) in [6.45, 7) is 10.7. The van der Waals surface area contributed by atoms with Gasteiger partial charge < -0.3 is 9.80 Å². The normalized spacial score (nSPS) is 42.4. The second-order valence-electron chi connectivity index (χ2n) is 10.3. The Hall–Kier alpha value is -1.32. The predicted octanol–water partition coefficient (Wildman–Crippen LogP) is 4.46. The van der Waals surface area contributed by atoms with E-state index in [0.29, 0.717) is 30.1 Å². The van der Waals surface area contributed by atoms with Crippen molar-refractivity contribution in [3.05, 3.63) is 11.8 Å². The molecule has 0 radical (unpaired) electrons. The molecule has 6 atom stereocenters. The molecular formula is C24H38N2O2. The Kier molecular flexibility index (Phi) is 4.91. The summed E-state index contributed by atoms with van der Waals surface area (Å²) in [5.41, 5.74) is 1.56. The van der Waals surface area contributed by atoms with E-state index < -0.39 is 0 Å². The minimum atomic E-state index is 0.133. The van der Waals surface area contributed by atoms with Gasteiger partial charge in [0.05, 0.1) is 0 Å². The smallest absolute Gasteiger partial charge is 0.226 e. The van der Waals surface area contributed by atoms with Crippen molar-refractivity contribution in [2.24, 2.45) is 34.5 Å². The van der Waals surface area contributed by atoms with Gasteiger partial charge in [-0.25, -0.2) is 0 Å². The van der Waals surface area contributed by atoms with Crippen molar-refractivity contribution in [1.82, 2.24) is 9.80 Å². The highest BCUT2D eigenvalue weighted by molar-refractivity contribution is 5.80. The summed E-state index contributed by atoms with van der Waals surface area (Å²) in [6.07, 6.45) is 9.76. The summed E-state index contributed by atoms with van der Waals surface area (Å²) in [4.78, 5) is 29.5. The lowest BCUT2D eigenvalue weighted by atomic mass is 9.49. The van der Waals surface area contributed by atoms with Crippen molar-refractivity contribution in [2.75, 3.05) is 20.1 Å². The van der Waals surface area contributed by atoms with Crippen LogP contribution in [0.15, 0.2) is 11.8 Å². The molecule has 0 N–H and O–H groups in total. The summed E-state index contributed by atoms with van der Waals surface area (Å²) < 4.78 is 0. The highest BCUT2D eigenvalue weighted by Crippen LogP contribution is 2.66. The largest absolute Gasteiger partial charge is 0.343 e. The van der Waals surface area contributed by atoms with Crippen molar-refractivity contribution >= 4 is 11.8 Å². The number of rotatable bonds is 3. The third-order valence-corrected chi connectivity index (χ3v) is 9.39. The van der Waals surface area contributed by atoms with Gasteiger partial charge in [-0.2, -0.15) is 0 Å². The Bertz CT molecular complexity index is 697. The van der Waals surface area contributed by atoms with Crippen LogP contribution in [-0.4, -0.2) is 41.8 Å². The Balaban J connectivity index is 1.62. The van der Waals surface area contributed by atoms with E-state index in [4.69, 9.17) is 0 Å². The fourth-order valence-corrected chi connectivity index (χ4v) is 7.74. The molecule has 3 fully saturated rings. The Morgan fingerprint density at radius 3 is 2.54 bits per heavy atom. The molecule has 1 saturated heterocycles. The minimum absolute atomic E-state index is 0.133. The first-order chi connectivity index (χ1) is 13.3. The first-order valence-corrected chi connectivity index (χ1v) is 11.5. The van der Waals surface area contributed by atoms with Crippen LogP contribution in [0.1, 0.15) is 72.6 Å². The highest BCUT2D eigenvalue weighted by atomic mass is 16.2. The summed E-state index contributed by atoms with van der Waals surface area (Å²) in [7, 11) is 1.97. The summed E-state index contributed by atoms with van der Waals surface area (Å²) in [5, 5.41) is 0. The van der Waals surface area contributed by atoms with Crippen LogP contribution in [0.3, 0.4) is 0 Å². The van der Waals surface area contributed by atoms with Crippen LogP contribution in [0.25, 0.3) is 0 Å². The van der Waals surface area contributed by atoms with Gasteiger partial charge in [0, 0.05) is 43.6 Å². The lowest BCUT2D eigenvalue weighted by Crippen LogP contribution is -2.54. The molecule has 4 heteroatoms. The van der Waals surface area contributed by atoms with Crippen LogP contribution in [0, 0.1) is 34.5 Å². The number of likely N-dealkylation sites (tertiary alicyclic amines) is 1. The fourth-order valence-electron chi connectivity index (χ4n) is 7.74. The van der Waals surface area contributed by atoms with E-state index in [9.17, 15) is 9.59 Å². The van der Waals surface area contributed by atoms with E-state index in [1.807, 2.05) is 16.8 Å². The lowest BCUT2D eigenvalue weighted by Gasteiger charge is -2.58. The zero-order valence-corrected chi connectivity index (χ0v) is 18.5. The summed E-state index contributed by atoms with van der Waals surface area (Å²) in [5.74, 6) is 2.84. The Labute approximate surface area is 170 Å². The first-order valence-electron chi connectivity index (χ1n) is 11.5. The number of allylic oxidation sites excluding steroid dienone is 2. The third kappa shape index (κ3) is 2.62. The molecule has 0 aromatic rings. The number of hydrogen-bond acceptors (Lipinski definition) is 2. The van der Waals surface area contributed by atoms with Crippen LogP contribution in [0.4, 0.5) is 0 Å². The number of carbonyl (C=O) groups excluding carboxylic acids is 2. The van der Waals surface area contributed by atoms with Gasteiger partial charge in [-0.1, -0.05) is 19.9 Å². The summed E-state index contributed by atoms with van der Waals surface area (Å²) >= 11 is 0. The molecule has 0 aromatic carbocycles. The first kappa shape index (κ1) is 20.0. The number of fused-ring (bicyclic) bond motifs is 5. The van der Waals surface area contributed by atoms with E-state index in [1.165, 1.54) is 18.5 Å². The van der Waals surface area contributed by atoms with Gasteiger partial charge in [-0.15, -0.1) is 0 Å². The fraction of sp³-hybridized carbons (Fsp3) is 0.833. The molecule has 0 spiro atoms. The van der Waals surface area contributed by atoms with Crippen molar-refractivity contribution in [1.29, 1.82) is 0 Å². The summed E-state index contributed by atoms with van der Waals surface area (Å²) in [6, 6.07) is 0. The Morgan fingerprint density at radius 2 is 1.86 bits per heavy atom. The second-order valence-corrected chi connectivity index (χ2v) is 10.3. The lowest BCUT2D eigenvalue weighted by molar-refractivity contribution is -0.144. The topological polar surface area (TPSA) is 40.6 Å². The van der Waals surface area contributed by atoms with Gasteiger partial charge in [-0.3, -0.25) is 9.59 Å². The molecule has 4 rings (SSSR count). The van der Waals surface area contributed by atoms with Gasteiger partial charge in [0.1, 0.15) is 0 Å². The maximum atomic E-state index is 13.3. The molecule has 156 valence electrons. The van der Waals surface area contributed by atoms with Crippen LogP contribution in [0.5, 0.6) is 0 Å². The van der Waals surface area contributed by atoms with Crippen molar-refractivity contribution in [3.8, 4) is 0 Å². The molecule has 2 amide bonds. The molecule has 28 heavy (non-hydrogen) atoms. The maximum Gasteiger partial charge on any atom is 0.226 e. The number of piperidine rings is 1. The van der Waals surface area contributed by atoms with Gasteiger partial charge >= 0.3 is 0 Å². The predicted molar refractivity (Wildman–Crippen MR) is 111 cm³/mol. The molecule has 4 aliphatic rings. The van der Waals surface area contributed by atoms with Gasteiger partial charge in [0.25, 0.3) is 0 Å². The van der Waals surface area contributed by atoms with Crippen molar-refractivity contribution in [2.45, 2.75) is 72.6 Å². The van der Waals surface area contributed by atoms with E-state index in [0.717, 1.165) is 38.8 Å². The SMILES string of the molecule is CCN(CC)C(=O)C1CC[C@H]2[C@@H]3CC=C4N(C)C(=O)CC[C@]4(C)[C@@H]3CC[C@]12C. The van der Waals surface area contributed by atoms with E-state index in [-0.39, 0.29) is 22.7 Å². The number of nitrogens with zero attached hydrogens (tertiary/aromatic N) is 2. The molecule has 3 aliphatic carbocycles. The molecule has 1 unspecified atom stereocenters. The zero-order chi connectivity index (χ0) is 20.3. The molecule has 1 aliphatic heterocycles. The standard InChI is InChI=1S/C24H38N2O2/c1-6-26(7-2)22(28)19-10-9-17-16-8-11-20-24(4,15-13-21(27)25(20)5)18(16)12-14-23(17,19)3/h11,16-19H,6-10,12-15H2,1-5H3/t16-,17-,18+,19?,23-,24+/m0/s1. The average molecular weight is 387 g/mol. The minimum Gasteiger partial charge on any atom is -0.343 e. The number of amides is 2. The van der Waals surface area contributed by atoms with Gasteiger partial charge in [-0.05, 0) is 75.5 Å². The van der Waals surface area contributed by atoms with Crippen LogP contribution in [-0.2, 0) is 9.59 Å². The van der Waals surface area contributed by atoms with Crippen molar-refractivity contribution < 1.29 is 9.59 Å². The van der Waals surface area contributed by atoms with Crippen LogP contribution in [0.2, 0.25) is 0 Å². The van der Waals surface area contributed by atoms with Gasteiger partial charge in [0.2, 0.25) is 11.8 Å². The molecular weight excluding hydrogens is 348 g/mol. The highest BCUT2D eigenvalue weighted by Gasteiger charge is 2.60. The Morgan fingerprint density at radius 1 is 1.14 bits per heavy atom. The third-order valence-electron chi connectivity index (χ3n) is 9.39. The van der Waals surface area contributed by atoms with Crippen LogP contribution >= 0.6 is 0 Å². The zero-order valence-electron chi connectivity index (χ0n) is 18.5. The molecule has 2 saturated carbocycles. The van der Waals surface area contributed by atoms with Crippen LogP contribution < -0.4 is 0 Å². The second kappa shape index (κ2) is 6.88. The van der Waals surface area contributed by atoms with E-state index >= 15 is 0 Å². The molecule has 0 bridgehead atoms. The number of hydrogen-bond donors (Lipinski definition) is 0. The molecule has 0 aromatic heterocycles.